The summed E-state index contributed by atoms with van der Waals surface area (Å²) < 4.78 is 31.1. The van der Waals surface area contributed by atoms with Gasteiger partial charge in [-0.3, -0.25) is 9.80 Å². The minimum atomic E-state index is -0.958. The molecule has 0 spiro atoms. The summed E-state index contributed by atoms with van der Waals surface area (Å²) in [5.41, 5.74) is 0.939. The number of anilines is 4. The number of hydrogen-bond donors (Lipinski definition) is 3. The molecule has 0 saturated carbocycles. The van der Waals surface area contributed by atoms with Gasteiger partial charge in [-0.2, -0.15) is 5.26 Å². The van der Waals surface area contributed by atoms with Gasteiger partial charge in [0.15, 0.2) is 11.6 Å². The van der Waals surface area contributed by atoms with Crippen molar-refractivity contribution in [1.29, 1.82) is 5.26 Å². The lowest BCUT2D eigenvalue weighted by atomic mass is 10.0. The van der Waals surface area contributed by atoms with Crippen LogP contribution in [0, 0.1) is 23.0 Å². The second-order valence-corrected chi connectivity index (χ2v) is 8.76. The van der Waals surface area contributed by atoms with Gasteiger partial charge >= 0.3 is 6.03 Å². The van der Waals surface area contributed by atoms with Crippen LogP contribution in [0.1, 0.15) is 18.9 Å². The Morgan fingerprint density at radius 2 is 1.86 bits per heavy atom. The van der Waals surface area contributed by atoms with Crippen LogP contribution in [0.2, 0.25) is 5.02 Å². The number of carbonyl (C=O) groups excluding carboxylic acids is 1. The number of fused-ring (bicyclic) bond motifs is 3. The van der Waals surface area contributed by atoms with Crippen molar-refractivity contribution in [3.05, 3.63) is 64.8 Å². The number of halogens is 3. The first kappa shape index (κ1) is 26.3. The molecule has 0 fully saturated rings. The first-order chi connectivity index (χ1) is 17.9. The Kier molecular flexibility index (Phi) is 8.18. The molecule has 1 aliphatic rings. The quantitative estimate of drug-likeness (QED) is 0.338. The van der Waals surface area contributed by atoms with Crippen molar-refractivity contribution in [1.82, 2.24) is 10.3 Å². The lowest BCUT2D eigenvalue weighted by Crippen LogP contribution is -2.42. The molecule has 11 heteroatoms. The fourth-order valence-electron chi connectivity index (χ4n) is 4.20. The molecule has 2 heterocycles. The number of aliphatic hydroxyl groups excluding tert-OH is 1. The molecule has 0 unspecified atom stereocenters. The number of urea groups is 1. The molecule has 3 aromatic rings. The third-order valence-electron chi connectivity index (χ3n) is 5.78. The van der Waals surface area contributed by atoms with E-state index in [1.54, 1.807) is 18.2 Å². The van der Waals surface area contributed by atoms with Crippen LogP contribution in [0.5, 0.6) is 0 Å². The van der Waals surface area contributed by atoms with Crippen LogP contribution >= 0.6 is 11.6 Å². The van der Waals surface area contributed by atoms with Crippen molar-refractivity contribution in [2.24, 2.45) is 0 Å². The van der Waals surface area contributed by atoms with Crippen LogP contribution in [-0.4, -0.2) is 48.9 Å². The van der Waals surface area contributed by atoms with E-state index < -0.39 is 23.4 Å². The molecule has 37 heavy (non-hydrogen) atoms. The number of aromatic nitrogens is 1. The Balaban J connectivity index is 1.85. The zero-order valence-electron chi connectivity index (χ0n) is 20.1. The zero-order valence-corrected chi connectivity index (χ0v) is 20.8. The lowest BCUT2D eigenvalue weighted by Gasteiger charge is -2.29. The maximum atomic E-state index is 15.6. The van der Waals surface area contributed by atoms with E-state index in [0.29, 0.717) is 48.0 Å². The second-order valence-electron chi connectivity index (χ2n) is 8.33. The first-order valence-electron chi connectivity index (χ1n) is 11.8. The van der Waals surface area contributed by atoms with Gasteiger partial charge in [-0.05, 0) is 36.8 Å². The fourth-order valence-corrected chi connectivity index (χ4v) is 4.35. The SMILES string of the molecule is CCCN1C(=O)N(c2c(F)cc(NCCNCCO)cc2F)c2cc(C#N)ccc2-c2cc(Cl)cnc21. The highest BCUT2D eigenvalue weighted by atomic mass is 35.5. The van der Waals surface area contributed by atoms with Crippen molar-refractivity contribution in [3.63, 3.8) is 0 Å². The molecule has 4 rings (SSSR count). The van der Waals surface area contributed by atoms with Crippen LogP contribution in [0.15, 0.2) is 42.6 Å². The van der Waals surface area contributed by atoms with E-state index in [1.807, 2.05) is 13.0 Å². The molecule has 2 amide bonds. The molecule has 0 bridgehead atoms. The Labute approximate surface area is 218 Å². The van der Waals surface area contributed by atoms with Crippen LogP contribution in [0.4, 0.5) is 36.5 Å². The topological polar surface area (TPSA) is 105 Å². The Morgan fingerprint density at radius 3 is 2.54 bits per heavy atom. The van der Waals surface area contributed by atoms with E-state index in [-0.39, 0.29) is 30.1 Å². The summed E-state index contributed by atoms with van der Waals surface area (Å²) >= 11 is 6.23. The predicted octanol–water partition coefficient (Wildman–Crippen LogP) is 5.03. The van der Waals surface area contributed by atoms with Gasteiger partial charge in [0.2, 0.25) is 0 Å². The summed E-state index contributed by atoms with van der Waals surface area (Å²) in [6.07, 6.45) is 1.97. The van der Waals surface area contributed by atoms with E-state index in [9.17, 15) is 10.1 Å². The number of benzene rings is 2. The van der Waals surface area contributed by atoms with E-state index in [0.717, 1.165) is 17.0 Å². The third-order valence-corrected chi connectivity index (χ3v) is 5.98. The van der Waals surface area contributed by atoms with E-state index in [2.05, 4.69) is 15.6 Å². The average Bonchev–Trinajstić information content (AvgIpc) is 2.97. The molecule has 0 radical (unpaired) electrons. The van der Waals surface area contributed by atoms with Gasteiger partial charge in [-0.25, -0.2) is 18.6 Å². The molecule has 1 aliphatic heterocycles. The molecule has 0 aliphatic carbocycles. The van der Waals surface area contributed by atoms with Crippen LogP contribution in [0.3, 0.4) is 0 Å². The second kappa shape index (κ2) is 11.5. The monoisotopic (exact) mass is 526 g/mol. The summed E-state index contributed by atoms with van der Waals surface area (Å²) in [6, 6.07) is 9.78. The maximum absolute atomic E-state index is 15.6. The summed E-state index contributed by atoms with van der Waals surface area (Å²) in [5.74, 6) is -1.61. The first-order valence-corrected chi connectivity index (χ1v) is 12.1. The molecule has 2 aromatic carbocycles. The molecular formula is C26H25ClF2N6O2. The van der Waals surface area contributed by atoms with Crippen LogP contribution < -0.4 is 20.4 Å². The molecule has 3 N–H and O–H groups in total. The minimum Gasteiger partial charge on any atom is -0.395 e. The van der Waals surface area contributed by atoms with Crippen molar-refractivity contribution in [3.8, 4) is 17.2 Å². The van der Waals surface area contributed by atoms with Gasteiger partial charge in [-0.1, -0.05) is 24.6 Å². The highest BCUT2D eigenvalue weighted by molar-refractivity contribution is 6.31. The lowest BCUT2D eigenvalue weighted by molar-refractivity contribution is 0.253. The smallest absolute Gasteiger partial charge is 0.334 e. The minimum absolute atomic E-state index is 0.0164. The van der Waals surface area contributed by atoms with Gasteiger partial charge in [0.1, 0.15) is 11.5 Å². The van der Waals surface area contributed by atoms with Crippen molar-refractivity contribution in [2.75, 3.05) is 47.9 Å². The highest BCUT2D eigenvalue weighted by Crippen LogP contribution is 2.45. The standard InChI is InChI=1S/C26H25ClF2N6O2/c1-2-8-34-25-20(11-17(27)15-33-25)19-4-3-16(14-30)10-23(19)35(26(34)37)24-21(28)12-18(13-22(24)29)32-6-5-31-7-9-36/h3-4,10-13,15,31-32,36H,2,5-9H2,1H3. The van der Waals surface area contributed by atoms with Crippen molar-refractivity contribution < 1.29 is 18.7 Å². The largest absolute Gasteiger partial charge is 0.395 e. The van der Waals surface area contributed by atoms with E-state index in [1.165, 1.54) is 17.2 Å². The van der Waals surface area contributed by atoms with Gasteiger partial charge in [0.25, 0.3) is 0 Å². The van der Waals surface area contributed by atoms with Crippen LogP contribution in [-0.2, 0) is 0 Å². The number of nitriles is 1. The molecule has 192 valence electrons. The molecule has 0 saturated heterocycles. The fraction of sp³-hybridized carbons (Fsp3) is 0.269. The van der Waals surface area contributed by atoms with Gasteiger partial charge in [-0.15, -0.1) is 0 Å². The zero-order chi connectivity index (χ0) is 26.5. The molecular weight excluding hydrogens is 502 g/mol. The van der Waals surface area contributed by atoms with Crippen LogP contribution in [0.25, 0.3) is 11.1 Å². The number of nitrogens with one attached hydrogen (secondary N) is 2. The average molecular weight is 527 g/mol. The summed E-state index contributed by atoms with van der Waals surface area (Å²) in [5, 5.41) is 24.6. The summed E-state index contributed by atoms with van der Waals surface area (Å²) in [7, 11) is 0. The number of nitrogens with zero attached hydrogens (tertiary/aromatic N) is 4. The number of aliphatic hydroxyl groups is 1. The number of amides is 2. The summed E-state index contributed by atoms with van der Waals surface area (Å²) in [6.45, 7) is 3.33. The number of hydrogen-bond acceptors (Lipinski definition) is 6. The van der Waals surface area contributed by atoms with Crippen molar-refractivity contribution >= 4 is 40.5 Å². The van der Waals surface area contributed by atoms with E-state index in [4.69, 9.17) is 16.7 Å². The number of carbonyl (C=O) groups is 1. The number of rotatable bonds is 9. The van der Waals surface area contributed by atoms with Gasteiger partial charge < -0.3 is 15.7 Å². The number of pyridine rings is 1. The van der Waals surface area contributed by atoms with E-state index >= 15 is 8.78 Å². The highest BCUT2D eigenvalue weighted by Gasteiger charge is 2.36. The molecule has 1 aromatic heterocycles. The van der Waals surface area contributed by atoms with Crippen molar-refractivity contribution in [2.45, 2.75) is 13.3 Å². The maximum Gasteiger partial charge on any atom is 0.334 e. The Morgan fingerprint density at radius 1 is 1.11 bits per heavy atom. The normalized spacial score (nSPS) is 12.6. The summed E-state index contributed by atoms with van der Waals surface area (Å²) in [4.78, 5) is 20.6. The Bertz CT molecular complexity index is 1340. The Hall–Kier alpha value is -3.78. The molecule has 8 nitrogen and oxygen atoms in total. The van der Waals surface area contributed by atoms with Gasteiger partial charge in [0, 0.05) is 49.2 Å². The van der Waals surface area contributed by atoms with Gasteiger partial charge in [0.05, 0.1) is 28.9 Å². The predicted molar refractivity (Wildman–Crippen MR) is 139 cm³/mol. The third kappa shape index (κ3) is 5.34. The molecule has 0 atom stereocenters.